The molecule has 4 nitrogen and oxygen atoms in total. The van der Waals surface area contributed by atoms with Gasteiger partial charge in [-0.2, -0.15) is 0 Å². The highest BCUT2D eigenvalue weighted by Crippen LogP contribution is 2.30. The molecule has 0 fully saturated rings. The van der Waals surface area contributed by atoms with Gasteiger partial charge in [-0.3, -0.25) is 0 Å². The van der Waals surface area contributed by atoms with Crippen molar-refractivity contribution in [3.05, 3.63) is 35.9 Å². The van der Waals surface area contributed by atoms with E-state index >= 15 is 0 Å². The van der Waals surface area contributed by atoms with Crippen LogP contribution in [0.25, 0.3) is 22.4 Å². The number of nitrogens with zero attached hydrogens (tertiary/aromatic N) is 1. The van der Waals surface area contributed by atoms with E-state index < -0.39 is 0 Å². The minimum atomic E-state index is 0.329. The zero-order chi connectivity index (χ0) is 11.1. The third kappa shape index (κ3) is 1.20. The summed E-state index contributed by atoms with van der Waals surface area (Å²) in [6.45, 7) is 1.86. The lowest BCUT2D eigenvalue weighted by Crippen LogP contribution is -1.83. The number of nitrogen functional groups attached to an aromatic ring is 1. The predicted octanol–water partition coefficient (Wildman–Crippen LogP) is 2.98. The van der Waals surface area contributed by atoms with Crippen LogP contribution in [-0.2, 0) is 0 Å². The maximum absolute atomic E-state index is 5.67. The minimum absolute atomic E-state index is 0.329. The molecule has 0 amide bonds. The van der Waals surface area contributed by atoms with E-state index in [9.17, 15) is 0 Å². The molecule has 0 aliphatic heterocycles. The van der Waals surface area contributed by atoms with Crippen molar-refractivity contribution in [2.24, 2.45) is 0 Å². The molecule has 0 aliphatic carbocycles. The second kappa shape index (κ2) is 3.13. The van der Waals surface area contributed by atoms with Crippen LogP contribution in [0.3, 0.4) is 0 Å². The molecule has 4 heteroatoms. The van der Waals surface area contributed by atoms with Crippen molar-refractivity contribution in [2.75, 3.05) is 5.73 Å². The molecular weight excluding hydrogens is 204 g/mol. The number of furan rings is 1. The van der Waals surface area contributed by atoms with Crippen LogP contribution in [0.1, 0.15) is 5.56 Å². The monoisotopic (exact) mass is 214 g/mol. The highest BCUT2D eigenvalue weighted by molar-refractivity contribution is 5.82. The summed E-state index contributed by atoms with van der Waals surface area (Å²) in [7, 11) is 0. The van der Waals surface area contributed by atoms with E-state index in [4.69, 9.17) is 14.7 Å². The predicted molar refractivity (Wildman–Crippen MR) is 60.9 cm³/mol. The Balaban J connectivity index is 2.23. The molecule has 2 aromatic heterocycles. The zero-order valence-electron chi connectivity index (χ0n) is 8.73. The summed E-state index contributed by atoms with van der Waals surface area (Å²) in [5.74, 6) is 1.01. The second-order valence-corrected chi connectivity index (χ2v) is 3.67. The van der Waals surface area contributed by atoms with Gasteiger partial charge in [0, 0.05) is 10.9 Å². The van der Waals surface area contributed by atoms with Gasteiger partial charge in [0.1, 0.15) is 5.58 Å². The molecule has 2 N–H and O–H groups in total. The van der Waals surface area contributed by atoms with Crippen LogP contribution in [0.2, 0.25) is 0 Å². The molecule has 0 unspecified atom stereocenters. The van der Waals surface area contributed by atoms with Crippen LogP contribution >= 0.6 is 0 Å². The third-order valence-corrected chi connectivity index (χ3v) is 2.62. The van der Waals surface area contributed by atoms with Crippen molar-refractivity contribution in [1.29, 1.82) is 0 Å². The van der Waals surface area contributed by atoms with Gasteiger partial charge < -0.3 is 14.7 Å². The van der Waals surface area contributed by atoms with Crippen LogP contribution in [0, 0.1) is 6.92 Å². The van der Waals surface area contributed by atoms with E-state index in [1.807, 2.05) is 37.3 Å². The van der Waals surface area contributed by atoms with Gasteiger partial charge in [-0.25, -0.2) is 0 Å². The fourth-order valence-electron chi connectivity index (χ4n) is 1.68. The molecule has 3 rings (SSSR count). The first kappa shape index (κ1) is 9.03. The molecule has 0 radical (unpaired) electrons. The number of rotatable bonds is 1. The molecule has 0 saturated heterocycles. The Hall–Kier alpha value is -2.23. The van der Waals surface area contributed by atoms with Crippen LogP contribution in [0.15, 0.2) is 39.3 Å². The largest absolute Gasteiger partial charge is 0.454 e. The fourth-order valence-corrected chi connectivity index (χ4v) is 1.68. The Bertz CT molecular complexity index is 619. The normalized spacial score (nSPS) is 11.1. The second-order valence-electron chi connectivity index (χ2n) is 3.67. The molecule has 3 aromatic rings. The van der Waals surface area contributed by atoms with Crippen molar-refractivity contribution in [2.45, 2.75) is 6.92 Å². The number of anilines is 1. The topological polar surface area (TPSA) is 65.2 Å². The Kier molecular flexibility index (Phi) is 1.77. The molecule has 0 spiro atoms. The van der Waals surface area contributed by atoms with Gasteiger partial charge in [-0.05, 0) is 19.1 Å². The number of hydrogen-bond donors (Lipinski definition) is 1. The average Bonchev–Trinajstić information content (AvgIpc) is 2.84. The van der Waals surface area contributed by atoms with Crippen LogP contribution in [-0.4, -0.2) is 5.16 Å². The van der Waals surface area contributed by atoms with Crippen molar-refractivity contribution in [3.63, 3.8) is 0 Å². The lowest BCUT2D eigenvalue weighted by atomic mass is 10.2. The van der Waals surface area contributed by atoms with E-state index in [0.29, 0.717) is 17.3 Å². The summed E-state index contributed by atoms with van der Waals surface area (Å²) in [6.07, 6.45) is 0. The number of benzene rings is 1. The smallest absolute Gasteiger partial charge is 0.225 e. The van der Waals surface area contributed by atoms with E-state index in [1.165, 1.54) is 0 Å². The Morgan fingerprint density at radius 1 is 1.25 bits per heavy atom. The van der Waals surface area contributed by atoms with E-state index in [0.717, 1.165) is 16.5 Å². The highest BCUT2D eigenvalue weighted by atomic mass is 16.5. The molecule has 0 atom stereocenters. The number of nitrogens with two attached hydrogens (primary N) is 1. The van der Waals surface area contributed by atoms with Crippen LogP contribution in [0.5, 0.6) is 0 Å². The van der Waals surface area contributed by atoms with E-state index in [-0.39, 0.29) is 0 Å². The molecule has 0 saturated carbocycles. The molecule has 0 bridgehead atoms. The summed E-state index contributed by atoms with van der Waals surface area (Å²) in [5, 5.41) is 4.93. The molecule has 2 heterocycles. The van der Waals surface area contributed by atoms with Gasteiger partial charge in [0.05, 0.1) is 0 Å². The maximum Gasteiger partial charge on any atom is 0.225 e. The van der Waals surface area contributed by atoms with Gasteiger partial charge in [-0.15, -0.1) is 0 Å². The van der Waals surface area contributed by atoms with Gasteiger partial charge >= 0.3 is 0 Å². The Morgan fingerprint density at radius 2 is 2.06 bits per heavy atom. The molecule has 80 valence electrons. The third-order valence-electron chi connectivity index (χ3n) is 2.62. The summed E-state index contributed by atoms with van der Waals surface area (Å²) < 4.78 is 10.6. The standard InChI is InChI=1S/C12H10N2O2/c1-7-11(14-16-12(7)13)10-6-8-4-2-3-5-9(8)15-10/h2-6H,13H2,1H3. The average molecular weight is 214 g/mol. The zero-order valence-corrected chi connectivity index (χ0v) is 8.73. The van der Waals surface area contributed by atoms with Crippen molar-refractivity contribution in [3.8, 4) is 11.5 Å². The van der Waals surface area contributed by atoms with Gasteiger partial charge in [0.2, 0.25) is 5.88 Å². The maximum atomic E-state index is 5.67. The molecule has 0 aliphatic rings. The highest BCUT2D eigenvalue weighted by Gasteiger charge is 2.15. The Morgan fingerprint density at radius 3 is 2.75 bits per heavy atom. The summed E-state index contributed by atoms with van der Waals surface area (Å²) in [5.41, 5.74) is 7.90. The quantitative estimate of drug-likeness (QED) is 0.676. The summed E-state index contributed by atoms with van der Waals surface area (Å²) >= 11 is 0. The lowest BCUT2D eigenvalue weighted by molar-refractivity contribution is 0.436. The summed E-state index contributed by atoms with van der Waals surface area (Å²) in [6, 6.07) is 9.73. The first-order valence-electron chi connectivity index (χ1n) is 4.96. The van der Waals surface area contributed by atoms with Crippen LogP contribution in [0.4, 0.5) is 5.88 Å². The number of fused-ring (bicyclic) bond motifs is 1. The van der Waals surface area contributed by atoms with Gasteiger partial charge in [0.15, 0.2) is 11.5 Å². The van der Waals surface area contributed by atoms with Crippen molar-refractivity contribution in [1.82, 2.24) is 5.16 Å². The van der Waals surface area contributed by atoms with Crippen molar-refractivity contribution < 1.29 is 8.94 Å². The van der Waals surface area contributed by atoms with Crippen LogP contribution < -0.4 is 5.73 Å². The van der Waals surface area contributed by atoms with E-state index in [1.54, 1.807) is 0 Å². The minimum Gasteiger partial charge on any atom is -0.454 e. The lowest BCUT2D eigenvalue weighted by Gasteiger charge is -1.89. The molecule has 1 aromatic carbocycles. The van der Waals surface area contributed by atoms with Gasteiger partial charge in [0.25, 0.3) is 0 Å². The number of hydrogen-bond acceptors (Lipinski definition) is 4. The first-order chi connectivity index (χ1) is 7.75. The number of para-hydroxylation sites is 1. The molecule has 16 heavy (non-hydrogen) atoms. The Labute approximate surface area is 91.6 Å². The fraction of sp³-hybridized carbons (Fsp3) is 0.0833. The molecular formula is C12H10N2O2. The van der Waals surface area contributed by atoms with Gasteiger partial charge in [-0.1, -0.05) is 23.4 Å². The SMILES string of the molecule is Cc1c(-c2cc3ccccc3o2)noc1N. The van der Waals surface area contributed by atoms with E-state index in [2.05, 4.69) is 5.16 Å². The summed E-state index contributed by atoms with van der Waals surface area (Å²) in [4.78, 5) is 0. The first-order valence-corrected chi connectivity index (χ1v) is 4.96. The number of aromatic nitrogens is 1. The van der Waals surface area contributed by atoms with Crippen molar-refractivity contribution >= 4 is 16.9 Å².